The van der Waals surface area contributed by atoms with E-state index < -0.39 is 0 Å². The van der Waals surface area contributed by atoms with E-state index in [2.05, 4.69) is 16.4 Å². The average molecular weight is 258 g/mol. The van der Waals surface area contributed by atoms with E-state index in [-0.39, 0.29) is 5.82 Å². The van der Waals surface area contributed by atoms with Crippen LogP contribution in [0.25, 0.3) is 0 Å². The molecule has 3 heteroatoms. The van der Waals surface area contributed by atoms with Crippen molar-refractivity contribution < 1.29 is 4.39 Å². The van der Waals surface area contributed by atoms with Crippen molar-refractivity contribution in [1.82, 2.24) is 10.3 Å². The molecule has 2 rings (SSSR count). The van der Waals surface area contributed by atoms with Crippen LogP contribution in [0.2, 0.25) is 0 Å². The summed E-state index contributed by atoms with van der Waals surface area (Å²) in [6.45, 7) is 5.60. The van der Waals surface area contributed by atoms with Crippen molar-refractivity contribution in [3.63, 3.8) is 0 Å². The summed E-state index contributed by atoms with van der Waals surface area (Å²) in [5.74, 6) is -0.168. The highest BCUT2D eigenvalue weighted by Crippen LogP contribution is 2.10. The van der Waals surface area contributed by atoms with Crippen LogP contribution in [-0.4, -0.2) is 11.5 Å². The molecule has 0 unspecified atom stereocenters. The van der Waals surface area contributed by atoms with Gasteiger partial charge in [-0.1, -0.05) is 12.1 Å². The molecule has 0 aliphatic heterocycles. The number of nitrogens with one attached hydrogen (secondary N) is 1. The van der Waals surface area contributed by atoms with Crippen molar-refractivity contribution in [1.29, 1.82) is 0 Å². The molecule has 0 bridgehead atoms. The number of rotatable bonds is 5. The second-order valence-corrected chi connectivity index (χ2v) is 4.82. The minimum absolute atomic E-state index is 0.168. The van der Waals surface area contributed by atoms with Crippen molar-refractivity contribution in [2.45, 2.75) is 26.8 Å². The zero-order valence-corrected chi connectivity index (χ0v) is 11.4. The summed E-state index contributed by atoms with van der Waals surface area (Å²) in [7, 11) is 0. The highest BCUT2D eigenvalue weighted by Gasteiger charge is 2.00. The monoisotopic (exact) mass is 258 g/mol. The topological polar surface area (TPSA) is 24.9 Å². The van der Waals surface area contributed by atoms with Gasteiger partial charge in [-0.15, -0.1) is 0 Å². The standard InChI is InChI=1S/C16H19FN2/c1-12-3-6-16(19-10-12)11-18-8-7-14-4-5-15(17)9-13(14)2/h3-6,9-10,18H,7-8,11H2,1-2H3. The Morgan fingerprint density at radius 3 is 2.68 bits per heavy atom. The van der Waals surface area contributed by atoms with Gasteiger partial charge in [0.05, 0.1) is 5.69 Å². The van der Waals surface area contributed by atoms with E-state index in [4.69, 9.17) is 0 Å². The summed E-state index contributed by atoms with van der Waals surface area (Å²) < 4.78 is 13.0. The quantitative estimate of drug-likeness (QED) is 0.833. The normalized spacial score (nSPS) is 10.7. The fourth-order valence-corrected chi connectivity index (χ4v) is 1.98. The lowest BCUT2D eigenvalue weighted by molar-refractivity contribution is 0.624. The highest BCUT2D eigenvalue weighted by atomic mass is 19.1. The van der Waals surface area contributed by atoms with Crippen LogP contribution < -0.4 is 5.32 Å². The first-order valence-electron chi connectivity index (χ1n) is 6.52. The van der Waals surface area contributed by atoms with Crippen molar-refractivity contribution in [2.24, 2.45) is 0 Å². The van der Waals surface area contributed by atoms with Crippen LogP contribution in [-0.2, 0) is 13.0 Å². The van der Waals surface area contributed by atoms with Crippen molar-refractivity contribution in [3.05, 3.63) is 64.7 Å². The summed E-state index contributed by atoms with van der Waals surface area (Å²) in [6, 6.07) is 9.05. The van der Waals surface area contributed by atoms with Crippen molar-refractivity contribution >= 4 is 0 Å². The maximum Gasteiger partial charge on any atom is 0.123 e. The van der Waals surface area contributed by atoms with Gasteiger partial charge >= 0.3 is 0 Å². The van der Waals surface area contributed by atoms with E-state index in [0.717, 1.165) is 30.8 Å². The van der Waals surface area contributed by atoms with E-state index in [0.29, 0.717) is 0 Å². The van der Waals surface area contributed by atoms with Gasteiger partial charge in [-0.05, 0) is 61.7 Å². The number of nitrogens with zero attached hydrogens (tertiary/aromatic N) is 1. The number of benzene rings is 1. The Kier molecular flexibility index (Phi) is 4.63. The number of aromatic nitrogens is 1. The van der Waals surface area contributed by atoms with Gasteiger partial charge in [0, 0.05) is 12.7 Å². The summed E-state index contributed by atoms with van der Waals surface area (Å²) in [5.41, 5.74) is 4.41. The Morgan fingerprint density at radius 2 is 2.00 bits per heavy atom. The Labute approximate surface area is 113 Å². The molecular formula is C16H19FN2. The molecule has 0 aliphatic carbocycles. The molecule has 0 aliphatic rings. The van der Waals surface area contributed by atoms with Crippen LogP contribution in [0.5, 0.6) is 0 Å². The average Bonchev–Trinajstić information content (AvgIpc) is 2.39. The number of hydrogen-bond donors (Lipinski definition) is 1. The van der Waals surface area contributed by atoms with Crippen LogP contribution in [0.4, 0.5) is 4.39 Å². The molecule has 1 heterocycles. The van der Waals surface area contributed by atoms with E-state index in [1.54, 1.807) is 6.07 Å². The van der Waals surface area contributed by atoms with Gasteiger partial charge in [-0.25, -0.2) is 4.39 Å². The molecule has 0 saturated heterocycles. The maximum atomic E-state index is 13.0. The van der Waals surface area contributed by atoms with Crippen LogP contribution in [0.3, 0.4) is 0 Å². The summed E-state index contributed by atoms with van der Waals surface area (Å²) >= 11 is 0. The fraction of sp³-hybridized carbons (Fsp3) is 0.312. The lowest BCUT2D eigenvalue weighted by Crippen LogP contribution is -2.17. The number of pyridine rings is 1. The first-order valence-corrected chi connectivity index (χ1v) is 6.52. The third-order valence-corrected chi connectivity index (χ3v) is 3.15. The molecule has 0 saturated carbocycles. The summed E-state index contributed by atoms with van der Waals surface area (Å²) in [6.07, 6.45) is 2.78. The SMILES string of the molecule is Cc1ccc(CNCCc2ccc(F)cc2C)nc1. The predicted molar refractivity (Wildman–Crippen MR) is 75.5 cm³/mol. The number of halogens is 1. The van der Waals surface area contributed by atoms with Gasteiger partial charge in [-0.3, -0.25) is 4.98 Å². The van der Waals surface area contributed by atoms with Crippen LogP contribution in [0.15, 0.2) is 36.5 Å². The van der Waals surface area contributed by atoms with Gasteiger partial charge in [0.15, 0.2) is 0 Å². The molecule has 1 aromatic heterocycles. The second-order valence-electron chi connectivity index (χ2n) is 4.82. The van der Waals surface area contributed by atoms with E-state index in [1.165, 1.54) is 17.2 Å². The van der Waals surface area contributed by atoms with Gasteiger partial charge in [0.2, 0.25) is 0 Å². The number of aryl methyl sites for hydroxylation is 2. The Hall–Kier alpha value is -1.74. The molecule has 0 spiro atoms. The maximum absolute atomic E-state index is 13.0. The first kappa shape index (κ1) is 13.7. The molecule has 19 heavy (non-hydrogen) atoms. The zero-order valence-electron chi connectivity index (χ0n) is 11.4. The third kappa shape index (κ3) is 4.14. The molecule has 2 nitrogen and oxygen atoms in total. The van der Waals surface area contributed by atoms with E-state index in [1.807, 2.05) is 32.2 Å². The second kappa shape index (κ2) is 6.43. The minimum Gasteiger partial charge on any atom is -0.311 e. The first-order chi connectivity index (χ1) is 9.15. The number of hydrogen-bond acceptors (Lipinski definition) is 2. The Balaban J connectivity index is 1.79. The van der Waals surface area contributed by atoms with Crippen molar-refractivity contribution in [3.8, 4) is 0 Å². The molecule has 100 valence electrons. The highest BCUT2D eigenvalue weighted by molar-refractivity contribution is 5.26. The summed E-state index contributed by atoms with van der Waals surface area (Å²) in [4.78, 5) is 4.34. The van der Waals surface area contributed by atoms with Crippen LogP contribution >= 0.6 is 0 Å². The van der Waals surface area contributed by atoms with Crippen LogP contribution in [0.1, 0.15) is 22.4 Å². The minimum atomic E-state index is -0.168. The Bertz CT molecular complexity index is 535. The molecule has 0 radical (unpaired) electrons. The lowest BCUT2D eigenvalue weighted by Gasteiger charge is -2.07. The molecule has 0 atom stereocenters. The molecule has 0 amide bonds. The molecular weight excluding hydrogens is 239 g/mol. The van der Waals surface area contributed by atoms with Crippen molar-refractivity contribution in [2.75, 3.05) is 6.54 Å². The van der Waals surface area contributed by atoms with Gasteiger partial charge in [0.25, 0.3) is 0 Å². The fourth-order valence-electron chi connectivity index (χ4n) is 1.98. The molecule has 2 aromatic rings. The zero-order chi connectivity index (χ0) is 13.7. The smallest absolute Gasteiger partial charge is 0.123 e. The van der Waals surface area contributed by atoms with E-state index in [9.17, 15) is 4.39 Å². The largest absolute Gasteiger partial charge is 0.311 e. The van der Waals surface area contributed by atoms with Crippen LogP contribution in [0, 0.1) is 19.7 Å². The van der Waals surface area contributed by atoms with Gasteiger partial charge in [-0.2, -0.15) is 0 Å². The third-order valence-electron chi connectivity index (χ3n) is 3.15. The molecule has 0 fully saturated rings. The Morgan fingerprint density at radius 1 is 1.16 bits per heavy atom. The van der Waals surface area contributed by atoms with Gasteiger partial charge < -0.3 is 5.32 Å². The van der Waals surface area contributed by atoms with E-state index >= 15 is 0 Å². The molecule has 1 N–H and O–H groups in total. The van der Waals surface area contributed by atoms with Gasteiger partial charge in [0.1, 0.15) is 5.82 Å². The molecule has 1 aromatic carbocycles. The predicted octanol–water partition coefficient (Wildman–Crippen LogP) is 3.17. The lowest BCUT2D eigenvalue weighted by atomic mass is 10.1. The summed E-state index contributed by atoms with van der Waals surface area (Å²) in [5, 5.41) is 3.36.